The zero-order chi connectivity index (χ0) is 13.4. The molecule has 0 saturated carbocycles. The molecule has 98 valence electrons. The molecule has 1 unspecified atom stereocenters. The number of hydrogen-bond donors (Lipinski definition) is 0. The van der Waals surface area contributed by atoms with Crippen molar-refractivity contribution >= 4 is 17.7 Å². The number of ketones is 1. The van der Waals surface area contributed by atoms with E-state index in [1.54, 1.807) is 0 Å². The maximum Gasteiger partial charge on any atom is 0.305 e. The zero-order valence-electron chi connectivity index (χ0n) is 10.8. The number of carbonyl (C=O) groups is 3. The Labute approximate surface area is 101 Å². The van der Waals surface area contributed by atoms with Gasteiger partial charge in [0.1, 0.15) is 5.78 Å². The van der Waals surface area contributed by atoms with Gasteiger partial charge in [0.05, 0.1) is 14.2 Å². The third kappa shape index (κ3) is 5.47. The van der Waals surface area contributed by atoms with Gasteiger partial charge in [0, 0.05) is 18.8 Å². The average Bonchev–Trinajstić information content (AvgIpc) is 2.28. The van der Waals surface area contributed by atoms with Crippen molar-refractivity contribution in [3.63, 3.8) is 0 Å². The van der Waals surface area contributed by atoms with Crippen LogP contribution < -0.4 is 0 Å². The van der Waals surface area contributed by atoms with Crippen molar-refractivity contribution in [2.45, 2.75) is 33.1 Å². The number of esters is 2. The van der Waals surface area contributed by atoms with E-state index in [1.807, 2.05) is 6.92 Å². The van der Waals surface area contributed by atoms with Crippen LogP contribution in [0.1, 0.15) is 33.1 Å². The van der Waals surface area contributed by atoms with Crippen LogP contribution in [0, 0.1) is 11.8 Å². The smallest absolute Gasteiger partial charge is 0.305 e. The highest BCUT2D eigenvalue weighted by Gasteiger charge is 2.29. The molecular weight excluding hydrogens is 224 g/mol. The van der Waals surface area contributed by atoms with Gasteiger partial charge in [-0.3, -0.25) is 14.4 Å². The highest BCUT2D eigenvalue weighted by atomic mass is 16.5. The molecule has 0 aromatic carbocycles. The molecule has 0 rings (SSSR count). The van der Waals surface area contributed by atoms with Crippen LogP contribution in [0.5, 0.6) is 0 Å². The van der Waals surface area contributed by atoms with Gasteiger partial charge in [0.25, 0.3) is 0 Å². The van der Waals surface area contributed by atoms with E-state index in [-0.39, 0.29) is 30.5 Å². The fourth-order valence-electron chi connectivity index (χ4n) is 1.90. The Morgan fingerprint density at radius 1 is 1.00 bits per heavy atom. The molecule has 0 amide bonds. The van der Waals surface area contributed by atoms with Gasteiger partial charge in [0.15, 0.2) is 0 Å². The lowest BCUT2D eigenvalue weighted by atomic mass is 9.82. The summed E-state index contributed by atoms with van der Waals surface area (Å²) < 4.78 is 9.14. The lowest BCUT2D eigenvalue weighted by Crippen LogP contribution is -2.27. The first kappa shape index (κ1) is 15.6. The molecule has 1 atom stereocenters. The van der Waals surface area contributed by atoms with Gasteiger partial charge in [-0.05, 0) is 19.3 Å². The molecule has 0 heterocycles. The summed E-state index contributed by atoms with van der Waals surface area (Å²) in [6, 6.07) is 0. The van der Waals surface area contributed by atoms with E-state index in [0.717, 1.165) is 0 Å². The van der Waals surface area contributed by atoms with E-state index in [4.69, 9.17) is 0 Å². The normalized spacial score (nSPS) is 12.1. The van der Waals surface area contributed by atoms with Gasteiger partial charge >= 0.3 is 11.9 Å². The lowest BCUT2D eigenvalue weighted by molar-refractivity contribution is -0.145. The SMILES string of the molecule is CCC(C(C)=O)C(CC(=O)OC)CC(=O)OC. The summed E-state index contributed by atoms with van der Waals surface area (Å²) in [5, 5.41) is 0. The average molecular weight is 244 g/mol. The van der Waals surface area contributed by atoms with Crippen molar-refractivity contribution in [2.75, 3.05) is 14.2 Å². The Morgan fingerprint density at radius 3 is 1.65 bits per heavy atom. The lowest BCUT2D eigenvalue weighted by Gasteiger charge is -2.22. The monoisotopic (exact) mass is 244 g/mol. The second-order valence-electron chi connectivity index (χ2n) is 3.95. The summed E-state index contributed by atoms with van der Waals surface area (Å²) in [6.07, 6.45) is 0.710. The van der Waals surface area contributed by atoms with E-state index in [9.17, 15) is 14.4 Å². The highest BCUT2D eigenvalue weighted by Crippen LogP contribution is 2.25. The maximum absolute atomic E-state index is 11.5. The van der Waals surface area contributed by atoms with Gasteiger partial charge in [-0.15, -0.1) is 0 Å². The zero-order valence-corrected chi connectivity index (χ0v) is 10.8. The van der Waals surface area contributed by atoms with Crippen molar-refractivity contribution in [1.29, 1.82) is 0 Å². The fourth-order valence-corrected chi connectivity index (χ4v) is 1.90. The molecule has 0 spiro atoms. The molecule has 0 radical (unpaired) electrons. The Morgan fingerprint density at radius 2 is 1.41 bits per heavy atom. The second kappa shape index (κ2) is 7.81. The molecule has 0 aliphatic heterocycles. The second-order valence-corrected chi connectivity index (χ2v) is 3.95. The van der Waals surface area contributed by atoms with Crippen molar-refractivity contribution in [3.05, 3.63) is 0 Å². The molecular formula is C12H20O5. The molecule has 0 aromatic rings. The summed E-state index contributed by atoms with van der Waals surface area (Å²) >= 11 is 0. The molecule has 0 aromatic heterocycles. The molecule has 0 aliphatic carbocycles. The van der Waals surface area contributed by atoms with Crippen molar-refractivity contribution < 1.29 is 23.9 Å². The first-order valence-corrected chi connectivity index (χ1v) is 5.60. The van der Waals surface area contributed by atoms with E-state index in [1.165, 1.54) is 21.1 Å². The Hall–Kier alpha value is -1.39. The van der Waals surface area contributed by atoms with E-state index >= 15 is 0 Å². The van der Waals surface area contributed by atoms with Gasteiger partial charge in [-0.25, -0.2) is 0 Å². The van der Waals surface area contributed by atoms with Crippen LogP contribution in [0.3, 0.4) is 0 Å². The van der Waals surface area contributed by atoms with Crippen LogP contribution in [0.4, 0.5) is 0 Å². The van der Waals surface area contributed by atoms with Crippen molar-refractivity contribution in [3.8, 4) is 0 Å². The van der Waals surface area contributed by atoms with Crippen LogP contribution in [0.25, 0.3) is 0 Å². The third-order valence-electron chi connectivity index (χ3n) is 2.84. The topological polar surface area (TPSA) is 69.7 Å². The first-order valence-electron chi connectivity index (χ1n) is 5.60. The largest absolute Gasteiger partial charge is 0.469 e. The Balaban J connectivity index is 4.74. The number of Topliss-reactive ketones (excluding diaryl/α,β-unsaturated/α-hetero) is 1. The summed E-state index contributed by atoms with van der Waals surface area (Å²) in [6.45, 7) is 3.32. The number of hydrogen-bond acceptors (Lipinski definition) is 5. The minimum atomic E-state index is -0.418. The molecule has 5 nitrogen and oxygen atoms in total. The van der Waals surface area contributed by atoms with Crippen LogP contribution in [0.2, 0.25) is 0 Å². The van der Waals surface area contributed by atoms with E-state index < -0.39 is 11.9 Å². The Kier molecular flexibility index (Phi) is 7.18. The van der Waals surface area contributed by atoms with Crippen molar-refractivity contribution in [2.24, 2.45) is 11.8 Å². The van der Waals surface area contributed by atoms with Gasteiger partial charge in [0.2, 0.25) is 0 Å². The molecule has 5 heteroatoms. The number of carbonyl (C=O) groups excluding carboxylic acids is 3. The molecule has 0 fully saturated rings. The number of methoxy groups -OCH3 is 2. The van der Waals surface area contributed by atoms with Gasteiger partial charge < -0.3 is 9.47 Å². The maximum atomic E-state index is 11.5. The molecule has 0 aliphatic rings. The molecule has 0 bridgehead atoms. The standard InChI is InChI=1S/C12H20O5/c1-5-10(8(2)13)9(6-11(14)16-3)7-12(15)17-4/h9-10H,5-7H2,1-4H3. The van der Waals surface area contributed by atoms with Crippen LogP contribution in [-0.2, 0) is 23.9 Å². The third-order valence-corrected chi connectivity index (χ3v) is 2.84. The predicted octanol–water partition coefficient (Wildman–Crippen LogP) is 1.34. The van der Waals surface area contributed by atoms with Gasteiger partial charge in [-0.2, -0.15) is 0 Å². The van der Waals surface area contributed by atoms with Crippen molar-refractivity contribution in [1.82, 2.24) is 0 Å². The van der Waals surface area contributed by atoms with E-state index in [2.05, 4.69) is 9.47 Å². The van der Waals surface area contributed by atoms with Crippen LogP contribution >= 0.6 is 0 Å². The minimum absolute atomic E-state index is 0.0229. The van der Waals surface area contributed by atoms with Gasteiger partial charge in [-0.1, -0.05) is 6.92 Å². The van der Waals surface area contributed by atoms with Crippen LogP contribution in [0.15, 0.2) is 0 Å². The fraction of sp³-hybridized carbons (Fsp3) is 0.750. The number of ether oxygens (including phenoxy) is 2. The predicted molar refractivity (Wildman–Crippen MR) is 61.2 cm³/mol. The summed E-state index contributed by atoms with van der Waals surface area (Å²) in [5.74, 6) is -1.52. The minimum Gasteiger partial charge on any atom is -0.469 e. The van der Waals surface area contributed by atoms with E-state index in [0.29, 0.717) is 6.42 Å². The molecule has 17 heavy (non-hydrogen) atoms. The summed E-state index contributed by atoms with van der Waals surface area (Å²) in [7, 11) is 2.57. The summed E-state index contributed by atoms with van der Waals surface area (Å²) in [5.41, 5.74) is 0. The quantitative estimate of drug-likeness (QED) is 0.632. The number of rotatable bonds is 7. The first-order chi connectivity index (χ1) is 7.96. The molecule has 0 N–H and O–H groups in total. The Bertz CT molecular complexity index is 267. The molecule has 0 saturated heterocycles. The summed E-state index contributed by atoms with van der Waals surface area (Å²) in [4.78, 5) is 34.0. The van der Waals surface area contributed by atoms with Crippen LogP contribution in [-0.4, -0.2) is 31.9 Å². The highest BCUT2D eigenvalue weighted by molar-refractivity contribution is 5.81.